The first-order chi connectivity index (χ1) is 17.0. The summed E-state index contributed by atoms with van der Waals surface area (Å²) < 4.78 is 23.1. The molecule has 3 heterocycles. The predicted molar refractivity (Wildman–Crippen MR) is 141 cm³/mol. The molecule has 1 amide bonds. The summed E-state index contributed by atoms with van der Waals surface area (Å²) in [5.74, 6) is 1.88. The van der Waals surface area contributed by atoms with Crippen molar-refractivity contribution >= 4 is 42.7 Å². The summed E-state index contributed by atoms with van der Waals surface area (Å²) in [4.78, 5) is 22.7. The Morgan fingerprint density at radius 2 is 2.03 bits per heavy atom. The van der Waals surface area contributed by atoms with Crippen LogP contribution in [0.2, 0.25) is 23.4 Å². The number of carbonyl (C=O) groups is 1. The summed E-state index contributed by atoms with van der Waals surface area (Å²) in [5.41, 5.74) is 0.573. The van der Waals surface area contributed by atoms with Crippen molar-refractivity contribution in [2.45, 2.75) is 51.6 Å². The number of rotatable bonds is 10. The number of ether oxygens (including phenoxy) is 2. The Kier molecular flexibility index (Phi) is 7.77. The number of hydrogen-bond acceptors (Lipinski definition) is 8. The minimum atomic E-state index is -1.87. The van der Waals surface area contributed by atoms with E-state index in [4.69, 9.17) is 29.9 Å². The molecule has 0 aliphatic carbocycles. The van der Waals surface area contributed by atoms with Crippen LogP contribution in [-0.4, -0.2) is 61.7 Å². The first-order valence-electron chi connectivity index (χ1n) is 12.0. The fourth-order valence-corrected chi connectivity index (χ4v) is 4.79. The van der Waals surface area contributed by atoms with Crippen LogP contribution >= 0.6 is 11.6 Å². The van der Waals surface area contributed by atoms with Crippen LogP contribution in [-0.2, 0) is 15.7 Å². The van der Waals surface area contributed by atoms with Crippen LogP contribution in [0.15, 0.2) is 41.0 Å². The Morgan fingerprint density at radius 3 is 2.75 bits per heavy atom. The Balaban J connectivity index is 1.36. The molecule has 0 spiro atoms. The van der Waals surface area contributed by atoms with Gasteiger partial charge < -0.3 is 28.5 Å². The predicted octanol–water partition coefficient (Wildman–Crippen LogP) is 5.71. The molecule has 0 saturated carbocycles. The monoisotopic (exact) mass is 532 g/mol. The van der Waals surface area contributed by atoms with Crippen molar-refractivity contribution in [1.82, 2.24) is 14.9 Å². The fraction of sp³-hybridized carbons (Fsp3) is 0.480. The van der Waals surface area contributed by atoms with Crippen LogP contribution in [0, 0.1) is 0 Å². The number of carbonyl (C=O) groups excluding carboxylic acids is 1. The molecule has 1 unspecified atom stereocenters. The molecule has 2 aromatic heterocycles. The summed E-state index contributed by atoms with van der Waals surface area (Å²) in [6.45, 7) is 13.1. The van der Waals surface area contributed by atoms with E-state index in [0.717, 1.165) is 11.1 Å². The van der Waals surface area contributed by atoms with Gasteiger partial charge in [0.2, 0.25) is 5.28 Å². The number of amides is 1. The summed E-state index contributed by atoms with van der Waals surface area (Å²) in [5, 5.41) is 4.21. The molecule has 1 fully saturated rings. The van der Waals surface area contributed by atoms with Crippen molar-refractivity contribution in [3.05, 3.63) is 47.6 Å². The highest BCUT2D eigenvalue weighted by atomic mass is 35.5. The molecule has 3 aromatic rings. The van der Waals surface area contributed by atoms with Crippen LogP contribution in [0.5, 0.6) is 5.75 Å². The number of nitrogens with zero attached hydrogens (tertiary/aromatic N) is 3. The third-order valence-electron chi connectivity index (χ3n) is 6.68. The summed E-state index contributed by atoms with van der Waals surface area (Å²) in [6.07, 6.45) is 0.872. The number of furan rings is 1. The first-order valence-corrected chi connectivity index (χ1v) is 15.3. The number of hydrogen-bond donors (Lipinski definition) is 1. The molecular formula is C25H33ClN4O5Si. The van der Waals surface area contributed by atoms with E-state index < -0.39 is 14.4 Å². The van der Waals surface area contributed by atoms with Gasteiger partial charge in [0.25, 0.3) is 0 Å². The van der Waals surface area contributed by atoms with E-state index in [1.807, 2.05) is 30.3 Å². The summed E-state index contributed by atoms with van der Waals surface area (Å²) in [6, 6.07) is 9.26. The minimum Gasteiger partial charge on any atom is -0.487 e. The summed E-state index contributed by atoms with van der Waals surface area (Å²) >= 11 is 6.20. The molecule has 1 saturated heterocycles. The molecule has 1 aromatic carbocycles. The molecule has 4 rings (SSSR count). The smallest absolute Gasteiger partial charge is 0.410 e. The third kappa shape index (κ3) is 6.11. The molecule has 9 nitrogen and oxygen atoms in total. The van der Waals surface area contributed by atoms with Gasteiger partial charge >= 0.3 is 6.09 Å². The number of para-hydroxylation sites is 1. The van der Waals surface area contributed by atoms with E-state index >= 15 is 0 Å². The number of benzene rings is 1. The SMILES string of the molecule is CC(C)(C)[Si](C)(C)OCCN1CC(COc2cccc3c(NCc4ccco4)nc(Cl)nc23)OC1=O. The number of anilines is 1. The minimum absolute atomic E-state index is 0.0979. The van der Waals surface area contributed by atoms with E-state index in [-0.39, 0.29) is 23.0 Å². The van der Waals surface area contributed by atoms with Gasteiger partial charge in [0, 0.05) is 11.9 Å². The second-order valence-electron chi connectivity index (χ2n) is 10.3. The Hall–Kier alpha value is -2.82. The molecule has 0 bridgehead atoms. The van der Waals surface area contributed by atoms with Gasteiger partial charge in [-0.1, -0.05) is 26.8 Å². The second kappa shape index (κ2) is 10.7. The number of fused-ring (bicyclic) bond motifs is 1. The molecule has 1 N–H and O–H groups in total. The Bertz CT molecular complexity index is 1200. The van der Waals surface area contributed by atoms with Crippen molar-refractivity contribution in [3.63, 3.8) is 0 Å². The standard InChI is InChI=1S/C25H33ClN4O5Si/c1-25(2,3)36(4,5)34-13-11-30-15-18(35-24(30)31)16-33-20-10-6-9-19-21(20)28-23(26)29-22(19)27-14-17-8-7-12-32-17/h6-10,12,18H,11,13-16H2,1-5H3,(H,27,28,29). The Morgan fingerprint density at radius 1 is 1.22 bits per heavy atom. The van der Waals surface area contributed by atoms with Crippen molar-refractivity contribution in [2.24, 2.45) is 0 Å². The maximum Gasteiger partial charge on any atom is 0.410 e. The van der Waals surface area contributed by atoms with Gasteiger partial charge in [-0.2, -0.15) is 0 Å². The second-order valence-corrected chi connectivity index (χ2v) is 15.4. The number of halogens is 1. The molecule has 0 radical (unpaired) electrons. The van der Waals surface area contributed by atoms with Crippen LogP contribution in [0.1, 0.15) is 26.5 Å². The third-order valence-corrected chi connectivity index (χ3v) is 11.4. The van der Waals surface area contributed by atoms with Gasteiger partial charge in [-0.3, -0.25) is 0 Å². The molecule has 1 aliphatic heterocycles. The van der Waals surface area contributed by atoms with E-state index in [0.29, 0.717) is 43.3 Å². The van der Waals surface area contributed by atoms with Crippen molar-refractivity contribution in [1.29, 1.82) is 0 Å². The van der Waals surface area contributed by atoms with Crippen LogP contribution in [0.25, 0.3) is 10.9 Å². The highest BCUT2D eigenvalue weighted by molar-refractivity contribution is 6.74. The molecule has 194 valence electrons. The van der Waals surface area contributed by atoms with Gasteiger partial charge in [-0.15, -0.1) is 0 Å². The zero-order chi connectivity index (χ0) is 25.9. The topological polar surface area (TPSA) is 99.0 Å². The first kappa shape index (κ1) is 26.2. The van der Waals surface area contributed by atoms with Gasteiger partial charge in [-0.05, 0) is 54.0 Å². The van der Waals surface area contributed by atoms with Crippen molar-refractivity contribution < 1.29 is 23.1 Å². The average Bonchev–Trinajstić information content (AvgIpc) is 3.45. The maximum absolute atomic E-state index is 12.4. The number of cyclic esters (lactones) is 1. The number of aromatic nitrogens is 2. The highest BCUT2D eigenvalue weighted by Crippen LogP contribution is 2.36. The lowest BCUT2D eigenvalue weighted by molar-refractivity contribution is 0.102. The molecule has 11 heteroatoms. The van der Waals surface area contributed by atoms with E-state index in [2.05, 4.69) is 49.1 Å². The maximum atomic E-state index is 12.4. The molecule has 36 heavy (non-hydrogen) atoms. The van der Waals surface area contributed by atoms with Crippen LogP contribution in [0.3, 0.4) is 0 Å². The van der Waals surface area contributed by atoms with E-state index in [1.54, 1.807) is 11.2 Å². The Labute approximate surface area is 217 Å². The lowest BCUT2D eigenvalue weighted by atomic mass is 10.2. The summed E-state index contributed by atoms with van der Waals surface area (Å²) in [7, 11) is -1.87. The van der Waals surface area contributed by atoms with Gasteiger partial charge in [0.05, 0.1) is 26.0 Å². The van der Waals surface area contributed by atoms with Gasteiger partial charge in [0.1, 0.15) is 29.5 Å². The quantitative estimate of drug-likeness (QED) is 0.262. The number of nitrogens with one attached hydrogen (secondary N) is 1. The zero-order valence-electron chi connectivity index (χ0n) is 21.3. The lowest BCUT2D eigenvalue weighted by Gasteiger charge is -2.36. The largest absolute Gasteiger partial charge is 0.487 e. The molecule has 1 aliphatic rings. The van der Waals surface area contributed by atoms with E-state index in [1.165, 1.54) is 0 Å². The van der Waals surface area contributed by atoms with Crippen molar-refractivity contribution in [3.8, 4) is 5.75 Å². The lowest BCUT2D eigenvalue weighted by Crippen LogP contribution is -2.43. The molecule has 1 atom stereocenters. The molecular weight excluding hydrogens is 500 g/mol. The van der Waals surface area contributed by atoms with Gasteiger partial charge in [0.15, 0.2) is 14.4 Å². The normalized spacial score (nSPS) is 16.4. The average molecular weight is 533 g/mol. The zero-order valence-corrected chi connectivity index (χ0v) is 23.1. The van der Waals surface area contributed by atoms with Crippen LogP contribution in [0.4, 0.5) is 10.6 Å². The fourth-order valence-electron chi connectivity index (χ4n) is 3.59. The van der Waals surface area contributed by atoms with Gasteiger partial charge in [-0.25, -0.2) is 14.8 Å². The highest BCUT2D eigenvalue weighted by Gasteiger charge is 2.38. The van der Waals surface area contributed by atoms with Crippen LogP contribution < -0.4 is 10.1 Å². The van der Waals surface area contributed by atoms with Crippen molar-refractivity contribution in [2.75, 3.05) is 31.6 Å². The van der Waals surface area contributed by atoms with E-state index in [9.17, 15) is 4.79 Å².